The van der Waals surface area contributed by atoms with Gasteiger partial charge in [-0.1, -0.05) is 78.9 Å². The molecule has 2 heterocycles. The maximum Gasteiger partial charge on any atom is 0.378 e. The van der Waals surface area contributed by atoms with E-state index in [1.165, 1.54) is 12.3 Å². The Balaban J connectivity index is 1.32. The number of aliphatic hydroxyl groups excluding tert-OH is 1. The van der Waals surface area contributed by atoms with Gasteiger partial charge in [0, 0.05) is 11.8 Å². The number of anilines is 1. The summed E-state index contributed by atoms with van der Waals surface area (Å²) >= 11 is 0. The van der Waals surface area contributed by atoms with Crippen LogP contribution in [0.2, 0.25) is 0 Å². The number of hydrogen-bond acceptors (Lipinski definition) is 8. The van der Waals surface area contributed by atoms with Gasteiger partial charge >= 0.3 is 11.7 Å². The van der Waals surface area contributed by atoms with E-state index < -0.39 is 29.8 Å². The number of aromatic nitrogens is 2. The first-order chi connectivity index (χ1) is 20.0. The van der Waals surface area contributed by atoms with Crippen LogP contribution in [0.5, 0.6) is 0 Å². The molecule has 1 aliphatic rings. The number of amides is 1. The second-order valence-corrected chi connectivity index (χ2v) is 9.20. The second-order valence-electron chi connectivity index (χ2n) is 9.20. The molecule has 0 radical (unpaired) electrons. The number of benzene rings is 3. The first kappa shape index (κ1) is 27.4. The fraction of sp³-hybridized carbons (Fsp3) is 0.161. The molecule has 4 aromatic rings. The summed E-state index contributed by atoms with van der Waals surface area (Å²) in [6, 6.07) is 28.5. The van der Waals surface area contributed by atoms with Gasteiger partial charge in [0.15, 0.2) is 11.9 Å². The molecule has 2 atom stereocenters. The third-order valence-corrected chi connectivity index (χ3v) is 6.25. The third kappa shape index (κ3) is 6.87. The van der Waals surface area contributed by atoms with Crippen molar-refractivity contribution in [3.8, 4) is 0 Å². The monoisotopic (exact) mass is 553 g/mol. The Labute approximate surface area is 235 Å². The molecule has 0 fully saturated rings. The number of hydrogen-bond donors (Lipinski definition) is 2. The third-order valence-electron chi connectivity index (χ3n) is 6.25. The Bertz CT molecular complexity index is 1590. The van der Waals surface area contributed by atoms with Crippen molar-refractivity contribution in [1.82, 2.24) is 9.55 Å². The maximum atomic E-state index is 12.8. The largest absolute Gasteiger partial charge is 0.485 e. The average molecular weight is 554 g/mol. The number of ether oxygens (including phenoxy) is 3. The number of rotatable bonds is 11. The molecular weight excluding hydrogens is 526 g/mol. The smallest absolute Gasteiger partial charge is 0.378 e. The van der Waals surface area contributed by atoms with Crippen LogP contribution in [-0.4, -0.2) is 38.7 Å². The summed E-state index contributed by atoms with van der Waals surface area (Å²) in [4.78, 5) is 41.8. The lowest BCUT2D eigenvalue weighted by Gasteiger charge is -2.21. The van der Waals surface area contributed by atoms with Gasteiger partial charge in [0.05, 0.1) is 6.54 Å². The van der Waals surface area contributed by atoms with Crippen molar-refractivity contribution in [2.75, 3.05) is 5.32 Å². The summed E-state index contributed by atoms with van der Waals surface area (Å²) in [6.45, 7) is -0.0712. The van der Waals surface area contributed by atoms with Crippen LogP contribution in [0.3, 0.4) is 0 Å². The van der Waals surface area contributed by atoms with Crippen LogP contribution in [0.25, 0.3) is 0 Å². The zero-order chi connectivity index (χ0) is 28.6. The zero-order valence-corrected chi connectivity index (χ0v) is 21.9. The first-order valence-corrected chi connectivity index (χ1v) is 12.9. The molecule has 3 aromatic carbocycles. The van der Waals surface area contributed by atoms with Gasteiger partial charge in [0.2, 0.25) is 5.76 Å². The maximum absolute atomic E-state index is 12.8. The number of esters is 1. The van der Waals surface area contributed by atoms with Crippen molar-refractivity contribution in [3.05, 3.63) is 142 Å². The number of carbonyl (C=O) groups excluding carboxylic acids is 2. The van der Waals surface area contributed by atoms with E-state index in [4.69, 9.17) is 14.2 Å². The molecule has 2 unspecified atom stereocenters. The van der Waals surface area contributed by atoms with Gasteiger partial charge in [-0.25, -0.2) is 9.59 Å². The summed E-state index contributed by atoms with van der Waals surface area (Å²) in [5, 5.41) is 13.6. The van der Waals surface area contributed by atoms with Crippen LogP contribution in [-0.2, 0) is 38.8 Å². The number of cyclic esters (lactones) is 1. The van der Waals surface area contributed by atoms with E-state index in [0.717, 1.165) is 15.7 Å². The van der Waals surface area contributed by atoms with Gasteiger partial charge in [-0.3, -0.25) is 9.36 Å². The molecule has 1 aromatic heterocycles. The standard InChI is InChI=1S/C31H27N3O7/c35-24(18-34-17-16-25(33-31(34)38)32-29(36)23-14-8-3-9-15-23)26-27(39-19-21-10-4-1-5-11-21)28(30(37)41-26)40-20-22-12-6-2-7-13-22/h1-17,24,26,35H,18-20H2,(H,32,33,36,38). The van der Waals surface area contributed by atoms with E-state index in [1.807, 2.05) is 60.7 Å². The summed E-state index contributed by atoms with van der Waals surface area (Å²) < 4.78 is 18.4. The molecule has 0 saturated heterocycles. The Morgan fingerprint density at radius 2 is 1.46 bits per heavy atom. The topological polar surface area (TPSA) is 129 Å². The highest BCUT2D eigenvalue weighted by Crippen LogP contribution is 2.29. The van der Waals surface area contributed by atoms with Crippen LogP contribution in [0.4, 0.5) is 5.82 Å². The van der Waals surface area contributed by atoms with Crippen LogP contribution >= 0.6 is 0 Å². The molecule has 0 spiro atoms. The lowest BCUT2D eigenvalue weighted by Crippen LogP contribution is -2.37. The minimum absolute atomic E-state index is 0.0371. The minimum atomic E-state index is -1.37. The second kappa shape index (κ2) is 12.8. The number of carbonyl (C=O) groups is 2. The zero-order valence-electron chi connectivity index (χ0n) is 21.9. The van der Waals surface area contributed by atoms with Crippen molar-refractivity contribution >= 4 is 17.7 Å². The highest BCUT2D eigenvalue weighted by atomic mass is 16.6. The number of aliphatic hydroxyl groups is 1. The summed E-state index contributed by atoms with van der Waals surface area (Å²) in [7, 11) is 0. The van der Waals surface area contributed by atoms with Crippen molar-refractivity contribution in [2.24, 2.45) is 0 Å². The van der Waals surface area contributed by atoms with Gasteiger partial charge in [0.1, 0.15) is 25.1 Å². The van der Waals surface area contributed by atoms with Gasteiger partial charge < -0.3 is 24.6 Å². The minimum Gasteiger partial charge on any atom is -0.485 e. The van der Waals surface area contributed by atoms with Crippen molar-refractivity contribution < 1.29 is 28.9 Å². The lowest BCUT2D eigenvalue weighted by atomic mass is 10.1. The number of nitrogens with one attached hydrogen (secondary N) is 1. The van der Waals surface area contributed by atoms with Gasteiger partial charge in [-0.15, -0.1) is 0 Å². The fourth-order valence-electron chi connectivity index (χ4n) is 4.16. The average Bonchev–Trinajstić information content (AvgIpc) is 3.32. The summed E-state index contributed by atoms with van der Waals surface area (Å²) in [6.07, 6.45) is -1.20. The molecular formula is C31H27N3O7. The molecule has 2 N–H and O–H groups in total. The normalized spacial score (nSPS) is 15.2. The van der Waals surface area contributed by atoms with E-state index >= 15 is 0 Å². The summed E-state index contributed by atoms with van der Waals surface area (Å²) in [5.74, 6) is -1.24. The van der Waals surface area contributed by atoms with Crippen LogP contribution in [0.1, 0.15) is 21.5 Å². The Kier molecular flexibility index (Phi) is 8.51. The van der Waals surface area contributed by atoms with Crippen molar-refractivity contribution in [2.45, 2.75) is 32.0 Å². The van der Waals surface area contributed by atoms with Gasteiger partial charge in [-0.05, 0) is 29.3 Å². The van der Waals surface area contributed by atoms with Crippen LogP contribution in [0.15, 0.2) is 120 Å². The highest BCUT2D eigenvalue weighted by Gasteiger charge is 2.42. The van der Waals surface area contributed by atoms with E-state index in [-0.39, 0.29) is 37.1 Å². The molecule has 0 bridgehead atoms. The molecule has 41 heavy (non-hydrogen) atoms. The highest BCUT2D eigenvalue weighted by molar-refractivity contribution is 6.03. The van der Waals surface area contributed by atoms with E-state index in [0.29, 0.717) is 5.56 Å². The predicted octanol–water partition coefficient (Wildman–Crippen LogP) is 3.43. The molecule has 5 rings (SSSR count). The Morgan fingerprint density at radius 1 is 0.878 bits per heavy atom. The van der Waals surface area contributed by atoms with Crippen LogP contribution < -0.4 is 11.0 Å². The number of nitrogens with zero attached hydrogens (tertiary/aromatic N) is 2. The quantitative estimate of drug-likeness (QED) is 0.271. The fourth-order valence-corrected chi connectivity index (χ4v) is 4.16. The Hall–Kier alpha value is -5.22. The van der Waals surface area contributed by atoms with Crippen molar-refractivity contribution in [1.29, 1.82) is 0 Å². The molecule has 10 nitrogen and oxygen atoms in total. The Morgan fingerprint density at radius 3 is 2.07 bits per heavy atom. The predicted molar refractivity (Wildman–Crippen MR) is 148 cm³/mol. The van der Waals surface area contributed by atoms with E-state index in [2.05, 4.69) is 10.3 Å². The van der Waals surface area contributed by atoms with E-state index in [9.17, 15) is 19.5 Å². The first-order valence-electron chi connectivity index (χ1n) is 12.9. The van der Waals surface area contributed by atoms with Gasteiger partial charge in [0.25, 0.3) is 5.91 Å². The molecule has 208 valence electrons. The van der Waals surface area contributed by atoms with E-state index in [1.54, 1.807) is 30.3 Å². The molecule has 1 amide bonds. The molecule has 0 saturated carbocycles. The SMILES string of the molecule is O=C1OC(C(O)Cn2ccc(NC(=O)c3ccccc3)nc2=O)C(OCc2ccccc2)=C1OCc1ccccc1. The molecule has 1 aliphatic heterocycles. The summed E-state index contributed by atoms with van der Waals surface area (Å²) in [5.41, 5.74) is 1.37. The molecule has 10 heteroatoms. The van der Waals surface area contributed by atoms with Crippen molar-refractivity contribution in [3.63, 3.8) is 0 Å². The van der Waals surface area contributed by atoms with Gasteiger partial charge in [-0.2, -0.15) is 4.98 Å². The lowest BCUT2D eigenvalue weighted by molar-refractivity contribution is -0.148. The van der Waals surface area contributed by atoms with Crippen LogP contribution in [0, 0.1) is 0 Å². The molecule has 0 aliphatic carbocycles.